The zero-order valence-corrected chi connectivity index (χ0v) is 16.8. The number of piperidine rings is 1. The molecule has 8 heteroatoms. The van der Waals surface area contributed by atoms with Gasteiger partial charge >= 0.3 is 0 Å². The predicted octanol–water partition coefficient (Wildman–Crippen LogP) is 2.91. The van der Waals surface area contributed by atoms with Crippen molar-refractivity contribution in [2.45, 2.75) is 25.9 Å². The number of anilines is 1. The smallest absolute Gasteiger partial charge is 0.223 e. The molecule has 2 aromatic heterocycles. The quantitative estimate of drug-likeness (QED) is 0.676. The maximum absolute atomic E-state index is 12.7. The van der Waals surface area contributed by atoms with E-state index in [1.807, 2.05) is 35.1 Å². The van der Waals surface area contributed by atoms with Gasteiger partial charge in [0.05, 0.1) is 6.54 Å². The first-order valence-electron chi connectivity index (χ1n) is 9.75. The molecule has 29 heavy (non-hydrogen) atoms. The van der Waals surface area contributed by atoms with Crippen LogP contribution >= 0.6 is 11.6 Å². The average Bonchev–Trinajstić information content (AvgIpc) is 3.27. The molecule has 0 radical (unpaired) electrons. The summed E-state index contributed by atoms with van der Waals surface area (Å²) in [5.41, 5.74) is 2.28. The third-order valence-corrected chi connectivity index (χ3v) is 5.47. The maximum Gasteiger partial charge on any atom is 0.223 e. The van der Waals surface area contributed by atoms with E-state index in [1.54, 1.807) is 12.3 Å². The minimum absolute atomic E-state index is 0.0183. The van der Waals surface area contributed by atoms with Crippen molar-refractivity contribution < 1.29 is 4.79 Å². The van der Waals surface area contributed by atoms with Crippen molar-refractivity contribution in [3.8, 4) is 0 Å². The van der Waals surface area contributed by atoms with Crippen molar-refractivity contribution in [3.05, 3.63) is 71.1 Å². The van der Waals surface area contributed by atoms with Crippen LogP contribution in [0.25, 0.3) is 0 Å². The zero-order chi connectivity index (χ0) is 20.1. The molecule has 1 amide bonds. The second-order valence-electron chi connectivity index (χ2n) is 7.17. The van der Waals surface area contributed by atoms with Gasteiger partial charge in [-0.05, 0) is 42.2 Å². The number of nitrogens with zero attached hydrogens (tertiary/aromatic N) is 5. The summed E-state index contributed by atoms with van der Waals surface area (Å²) in [6, 6.07) is 13.7. The van der Waals surface area contributed by atoms with Crippen LogP contribution in [0, 0.1) is 5.92 Å². The molecule has 1 N–H and O–H groups in total. The molecule has 3 heterocycles. The number of carbonyl (C=O) groups is 1. The van der Waals surface area contributed by atoms with Crippen LogP contribution in [0.2, 0.25) is 5.15 Å². The molecule has 0 spiro atoms. The van der Waals surface area contributed by atoms with Gasteiger partial charge in [0.1, 0.15) is 0 Å². The van der Waals surface area contributed by atoms with Gasteiger partial charge in [0.15, 0.2) is 11.0 Å². The lowest BCUT2D eigenvalue weighted by Gasteiger charge is -2.31. The normalized spacial score (nSPS) is 14.7. The summed E-state index contributed by atoms with van der Waals surface area (Å²) in [5, 5.41) is 15.8. The number of amides is 1. The molecule has 0 aliphatic carbocycles. The largest absolute Gasteiger partial charge is 0.355 e. The van der Waals surface area contributed by atoms with Gasteiger partial charge in [-0.25, -0.2) is 0 Å². The van der Waals surface area contributed by atoms with E-state index >= 15 is 0 Å². The molecule has 0 atom stereocenters. The molecule has 0 bridgehead atoms. The number of nitrogens with one attached hydrogen (secondary N) is 1. The van der Waals surface area contributed by atoms with Gasteiger partial charge in [0.2, 0.25) is 5.91 Å². The Morgan fingerprint density at radius 2 is 1.86 bits per heavy atom. The first-order valence-corrected chi connectivity index (χ1v) is 10.1. The Hall–Kier alpha value is -2.93. The van der Waals surface area contributed by atoms with E-state index in [2.05, 4.69) is 37.6 Å². The summed E-state index contributed by atoms with van der Waals surface area (Å²) in [6.45, 7) is 2.78. The van der Waals surface area contributed by atoms with Crippen LogP contribution in [0.4, 0.5) is 5.82 Å². The number of benzene rings is 1. The Kier molecular flexibility index (Phi) is 6.05. The lowest BCUT2D eigenvalue weighted by molar-refractivity contribution is -0.125. The second-order valence-corrected chi connectivity index (χ2v) is 7.55. The van der Waals surface area contributed by atoms with E-state index in [-0.39, 0.29) is 11.8 Å². The third-order valence-electron chi connectivity index (χ3n) is 5.27. The molecule has 1 fully saturated rings. The molecule has 3 aromatic rings. The lowest BCUT2D eigenvalue weighted by atomic mass is 9.95. The number of hydrogen-bond acceptors (Lipinski definition) is 5. The molecule has 0 saturated carbocycles. The van der Waals surface area contributed by atoms with E-state index < -0.39 is 0 Å². The predicted molar refractivity (Wildman–Crippen MR) is 112 cm³/mol. The average molecular weight is 411 g/mol. The van der Waals surface area contributed by atoms with E-state index in [0.29, 0.717) is 18.2 Å². The topological polar surface area (TPSA) is 75.9 Å². The lowest BCUT2D eigenvalue weighted by Crippen LogP contribution is -2.40. The third kappa shape index (κ3) is 4.92. The fraction of sp³-hybridized carbons (Fsp3) is 0.333. The van der Waals surface area contributed by atoms with Crippen LogP contribution in [-0.2, 0) is 17.9 Å². The monoisotopic (exact) mass is 410 g/mol. The number of aromatic nitrogens is 4. The van der Waals surface area contributed by atoms with Crippen molar-refractivity contribution in [1.82, 2.24) is 25.3 Å². The van der Waals surface area contributed by atoms with Crippen LogP contribution in [0.5, 0.6) is 0 Å². The SMILES string of the molecule is O=C(NCc1ccccc1Cn1cccn1)C1CCN(c2ccc(Cl)nn2)CC1. The standard InChI is InChI=1S/C21H23ClN6O/c22-19-6-7-20(26-25-19)27-12-8-16(9-13-27)21(29)23-14-17-4-1-2-5-18(17)15-28-11-3-10-24-28/h1-7,10-11,16H,8-9,12-15H2,(H,23,29). The fourth-order valence-corrected chi connectivity index (χ4v) is 3.73. The van der Waals surface area contributed by atoms with E-state index in [0.717, 1.165) is 42.9 Å². The summed E-state index contributed by atoms with van der Waals surface area (Å²) in [5.74, 6) is 0.936. The van der Waals surface area contributed by atoms with Gasteiger partial charge in [-0.1, -0.05) is 35.9 Å². The maximum atomic E-state index is 12.7. The zero-order valence-electron chi connectivity index (χ0n) is 16.0. The second kappa shape index (κ2) is 9.05. The molecule has 1 aliphatic heterocycles. The summed E-state index contributed by atoms with van der Waals surface area (Å²) >= 11 is 5.80. The highest BCUT2D eigenvalue weighted by Gasteiger charge is 2.25. The van der Waals surface area contributed by atoms with Gasteiger partial charge in [-0.3, -0.25) is 9.48 Å². The molecule has 4 rings (SSSR count). The Balaban J connectivity index is 1.30. The fourth-order valence-electron chi connectivity index (χ4n) is 3.63. The number of halogens is 1. The minimum atomic E-state index is 0.0183. The Bertz CT molecular complexity index is 936. The molecule has 150 valence electrons. The molecule has 0 unspecified atom stereocenters. The van der Waals surface area contributed by atoms with Crippen LogP contribution in [0.3, 0.4) is 0 Å². The van der Waals surface area contributed by atoms with Crippen LogP contribution in [0.15, 0.2) is 54.9 Å². The van der Waals surface area contributed by atoms with Gasteiger partial charge in [-0.15, -0.1) is 10.2 Å². The van der Waals surface area contributed by atoms with Gasteiger partial charge < -0.3 is 10.2 Å². The number of hydrogen-bond donors (Lipinski definition) is 1. The molecular formula is C21H23ClN6O. The van der Waals surface area contributed by atoms with Gasteiger partial charge in [0.25, 0.3) is 0 Å². The molecule has 1 aromatic carbocycles. The van der Waals surface area contributed by atoms with Crippen molar-refractivity contribution in [1.29, 1.82) is 0 Å². The highest BCUT2D eigenvalue weighted by atomic mass is 35.5. The van der Waals surface area contributed by atoms with Gasteiger partial charge in [0, 0.05) is 37.9 Å². The molecule has 7 nitrogen and oxygen atoms in total. The van der Waals surface area contributed by atoms with Crippen molar-refractivity contribution in [2.75, 3.05) is 18.0 Å². The van der Waals surface area contributed by atoms with Crippen LogP contribution in [0.1, 0.15) is 24.0 Å². The van der Waals surface area contributed by atoms with E-state index in [4.69, 9.17) is 11.6 Å². The van der Waals surface area contributed by atoms with Crippen LogP contribution < -0.4 is 10.2 Å². The van der Waals surface area contributed by atoms with Crippen molar-refractivity contribution >= 4 is 23.3 Å². The summed E-state index contributed by atoms with van der Waals surface area (Å²) in [4.78, 5) is 14.8. The Morgan fingerprint density at radius 1 is 1.07 bits per heavy atom. The first-order chi connectivity index (χ1) is 14.2. The van der Waals surface area contributed by atoms with E-state index in [1.165, 1.54) is 0 Å². The van der Waals surface area contributed by atoms with Crippen LogP contribution in [-0.4, -0.2) is 39.0 Å². The highest BCUT2D eigenvalue weighted by molar-refractivity contribution is 6.29. The first kappa shape index (κ1) is 19.4. The highest BCUT2D eigenvalue weighted by Crippen LogP contribution is 2.22. The number of carbonyl (C=O) groups excluding carboxylic acids is 1. The van der Waals surface area contributed by atoms with Crippen molar-refractivity contribution in [2.24, 2.45) is 5.92 Å². The summed E-state index contributed by atoms with van der Waals surface area (Å²) < 4.78 is 1.88. The Morgan fingerprint density at radius 3 is 2.55 bits per heavy atom. The molecule has 1 saturated heterocycles. The van der Waals surface area contributed by atoms with Crippen molar-refractivity contribution in [3.63, 3.8) is 0 Å². The van der Waals surface area contributed by atoms with E-state index in [9.17, 15) is 4.79 Å². The summed E-state index contributed by atoms with van der Waals surface area (Å²) in [7, 11) is 0. The molecule has 1 aliphatic rings. The number of rotatable bonds is 6. The summed E-state index contributed by atoms with van der Waals surface area (Å²) in [6.07, 6.45) is 5.30. The van der Waals surface area contributed by atoms with Gasteiger partial charge in [-0.2, -0.15) is 5.10 Å². The minimum Gasteiger partial charge on any atom is -0.355 e. The Labute approximate surface area is 174 Å². The molecular weight excluding hydrogens is 388 g/mol.